The molecule has 9 heteroatoms. The van der Waals surface area contributed by atoms with Gasteiger partial charge in [-0.05, 0) is 35.7 Å². The maximum atomic E-state index is 11.1. The number of nitrogen functional groups attached to an aromatic ring is 1. The van der Waals surface area contributed by atoms with Crippen molar-refractivity contribution in [3.8, 4) is 0 Å². The lowest BCUT2D eigenvalue weighted by atomic mass is 9.99. The Labute approximate surface area is 166 Å². The molecule has 0 saturated carbocycles. The number of nitro groups is 1. The van der Waals surface area contributed by atoms with E-state index in [1.165, 1.54) is 18.2 Å². The normalized spacial score (nSPS) is 10.8. The molecule has 0 aliphatic heterocycles. The number of nitrogens with zero attached hydrogens (tertiary/aromatic N) is 3. The molecule has 0 aliphatic carbocycles. The maximum absolute atomic E-state index is 11.1. The predicted molar refractivity (Wildman–Crippen MR) is 107 cm³/mol. The van der Waals surface area contributed by atoms with Crippen LogP contribution in [0.2, 0.25) is 5.02 Å². The maximum Gasteiger partial charge on any atom is 0.330 e. The van der Waals surface area contributed by atoms with Crippen LogP contribution in [0.4, 0.5) is 22.7 Å². The molecule has 0 saturated heterocycles. The first-order valence-electron chi connectivity index (χ1n) is 8.42. The average molecular weight is 403 g/mol. The van der Waals surface area contributed by atoms with E-state index >= 15 is 0 Å². The zero-order valence-electron chi connectivity index (χ0n) is 15.2. The Morgan fingerprint density at radius 1 is 1.36 bits per heavy atom. The summed E-state index contributed by atoms with van der Waals surface area (Å²) in [6.07, 6.45) is 2.30. The number of hydrogen-bond acceptors (Lipinski definition) is 7. The summed E-state index contributed by atoms with van der Waals surface area (Å²) in [5, 5.41) is 19.0. The molecule has 2 aromatic rings. The van der Waals surface area contributed by atoms with Gasteiger partial charge in [0.2, 0.25) is 0 Å². The monoisotopic (exact) mass is 402 g/mol. The van der Waals surface area contributed by atoms with Crippen LogP contribution in [0.1, 0.15) is 18.1 Å². The smallest absolute Gasteiger partial charge is 0.330 e. The van der Waals surface area contributed by atoms with Crippen molar-refractivity contribution in [3.63, 3.8) is 0 Å². The molecule has 0 atom stereocenters. The van der Waals surface area contributed by atoms with Crippen molar-refractivity contribution in [2.75, 3.05) is 12.3 Å². The Morgan fingerprint density at radius 3 is 2.71 bits per heavy atom. The van der Waals surface area contributed by atoms with Crippen molar-refractivity contribution in [2.45, 2.75) is 19.8 Å². The van der Waals surface area contributed by atoms with Crippen LogP contribution in [0.25, 0.3) is 0 Å². The third kappa shape index (κ3) is 5.14. The van der Waals surface area contributed by atoms with E-state index in [1.807, 2.05) is 13.0 Å². The summed E-state index contributed by atoms with van der Waals surface area (Å²) in [5.74, 6) is -0.474. The number of benzene rings is 2. The van der Waals surface area contributed by atoms with Crippen LogP contribution in [0.15, 0.2) is 53.2 Å². The van der Waals surface area contributed by atoms with Crippen molar-refractivity contribution in [1.82, 2.24) is 0 Å². The molecule has 0 fully saturated rings. The lowest BCUT2D eigenvalue weighted by molar-refractivity contribution is -0.384. The zero-order chi connectivity index (χ0) is 20.7. The second-order valence-electron chi connectivity index (χ2n) is 5.70. The number of carbonyl (C=O) groups excluding carboxylic acids is 1. The summed E-state index contributed by atoms with van der Waals surface area (Å²) >= 11 is 5.88. The lowest BCUT2D eigenvalue weighted by Crippen LogP contribution is -2.07. The predicted octanol–water partition coefficient (Wildman–Crippen LogP) is 5.08. The molecule has 0 amide bonds. The number of ether oxygens (including phenoxy) is 1. The highest BCUT2D eigenvalue weighted by atomic mass is 35.5. The van der Waals surface area contributed by atoms with Crippen molar-refractivity contribution < 1.29 is 14.5 Å². The minimum atomic E-state index is -0.570. The highest BCUT2D eigenvalue weighted by Gasteiger charge is 2.13. The van der Waals surface area contributed by atoms with E-state index in [1.54, 1.807) is 6.07 Å². The standard InChI is InChI=1S/C19H19ClN4O4/c1-3-14-12(9-10-28-18(25)4-2)5-7-16(19(14)21)23-22-13-6-8-17(24(26)27)15(20)11-13/h4-8,11H,2-3,9-10,21H2,1H3. The third-order valence-corrected chi connectivity index (χ3v) is 4.27. The van der Waals surface area contributed by atoms with Crippen LogP contribution in [0, 0.1) is 10.1 Å². The van der Waals surface area contributed by atoms with Gasteiger partial charge in [-0.1, -0.05) is 31.2 Å². The van der Waals surface area contributed by atoms with Gasteiger partial charge >= 0.3 is 5.97 Å². The van der Waals surface area contributed by atoms with E-state index in [0.717, 1.165) is 17.2 Å². The summed E-state index contributed by atoms with van der Waals surface area (Å²) in [6.45, 7) is 5.53. The Morgan fingerprint density at radius 2 is 2.11 bits per heavy atom. The highest BCUT2D eigenvalue weighted by Crippen LogP contribution is 2.33. The highest BCUT2D eigenvalue weighted by molar-refractivity contribution is 6.32. The van der Waals surface area contributed by atoms with Gasteiger partial charge in [-0.3, -0.25) is 10.1 Å². The van der Waals surface area contributed by atoms with Gasteiger partial charge in [0.05, 0.1) is 22.9 Å². The van der Waals surface area contributed by atoms with Crippen molar-refractivity contribution in [1.29, 1.82) is 0 Å². The number of rotatable bonds is 8. The molecule has 8 nitrogen and oxygen atoms in total. The average Bonchev–Trinajstić information content (AvgIpc) is 2.67. The number of hydrogen-bond donors (Lipinski definition) is 1. The molecular formula is C19H19ClN4O4. The van der Waals surface area contributed by atoms with E-state index in [-0.39, 0.29) is 17.3 Å². The van der Waals surface area contributed by atoms with E-state index in [9.17, 15) is 14.9 Å². The number of nitro benzene ring substituents is 1. The fraction of sp³-hybridized carbons (Fsp3) is 0.211. The fourth-order valence-electron chi connectivity index (χ4n) is 2.57. The fourth-order valence-corrected chi connectivity index (χ4v) is 2.82. The molecule has 0 aromatic heterocycles. The molecule has 2 aromatic carbocycles. The summed E-state index contributed by atoms with van der Waals surface area (Å²) in [7, 11) is 0. The molecule has 2 N–H and O–H groups in total. The van der Waals surface area contributed by atoms with Crippen LogP contribution in [-0.2, 0) is 22.4 Å². The molecule has 28 heavy (non-hydrogen) atoms. The number of nitrogens with two attached hydrogens (primary N) is 1. The van der Waals surface area contributed by atoms with E-state index in [0.29, 0.717) is 29.9 Å². The SMILES string of the molecule is C=CC(=O)OCCc1ccc(N=Nc2ccc([N+](=O)[O-])c(Cl)c2)c(N)c1CC. The van der Waals surface area contributed by atoms with E-state index in [2.05, 4.69) is 16.8 Å². The molecule has 0 aliphatic rings. The topological polar surface area (TPSA) is 120 Å². The molecule has 0 bridgehead atoms. The van der Waals surface area contributed by atoms with Crippen LogP contribution >= 0.6 is 11.6 Å². The summed E-state index contributed by atoms with van der Waals surface area (Å²) in [4.78, 5) is 21.4. The first-order valence-corrected chi connectivity index (χ1v) is 8.80. The second kappa shape index (κ2) is 9.61. The van der Waals surface area contributed by atoms with Gasteiger partial charge in [0.15, 0.2) is 0 Å². The van der Waals surface area contributed by atoms with Gasteiger partial charge < -0.3 is 10.5 Å². The Bertz CT molecular complexity index is 944. The molecule has 2 rings (SSSR count). The number of anilines is 1. The van der Waals surface area contributed by atoms with Crippen LogP contribution in [0.3, 0.4) is 0 Å². The summed E-state index contributed by atoms with van der Waals surface area (Å²) in [5.41, 5.74) is 9.19. The quantitative estimate of drug-likeness (QED) is 0.165. The summed E-state index contributed by atoms with van der Waals surface area (Å²) < 4.78 is 5.01. The molecule has 0 unspecified atom stereocenters. The van der Waals surface area contributed by atoms with Gasteiger partial charge in [0, 0.05) is 18.6 Å². The number of halogens is 1. The number of azo groups is 1. The second-order valence-corrected chi connectivity index (χ2v) is 6.11. The molecular weight excluding hydrogens is 384 g/mol. The van der Waals surface area contributed by atoms with Gasteiger partial charge in [0.1, 0.15) is 10.7 Å². The van der Waals surface area contributed by atoms with Crippen molar-refractivity contribution in [3.05, 3.63) is 69.3 Å². The third-order valence-electron chi connectivity index (χ3n) is 3.97. The Hall–Kier alpha value is -3.26. The van der Waals surface area contributed by atoms with Gasteiger partial charge in [-0.2, -0.15) is 5.11 Å². The summed E-state index contributed by atoms with van der Waals surface area (Å²) in [6, 6.07) is 7.66. The Kier molecular flexibility index (Phi) is 7.22. The minimum Gasteiger partial charge on any atom is -0.462 e. The zero-order valence-corrected chi connectivity index (χ0v) is 16.0. The number of carbonyl (C=O) groups is 1. The van der Waals surface area contributed by atoms with Gasteiger partial charge in [-0.25, -0.2) is 4.79 Å². The van der Waals surface area contributed by atoms with Gasteiger partial charge in [0.25, 0.3) is 5.69 Å². The van der Waals surface area contributed by atoms with Crippen LogP contribution in [0.5, 0.6) is 0 Å². The first kappa shape index (κ1) is 21.0. The molecule has 0 radical (unpaired) electrons. The molecule has 0 spiro atoms. The largest absolute Gasteiger partial charge is 0.462 e. The van der Waals surface area contributed by atoms with E-state index < -0.39 is 10.9 Å². The molecule has 0 heterocycles. The van der Waals surface area contributed by atoms with Crippen molar-refractivity contribution in [2.24, 2.45) is 10.2 Å². The van der Waals surface area contributed by atoms with Crippen LogP contribution < -0.4 is 5.73 Å². The van der Waals surface area contributed by atoms with Crippen molar-refractivity contribution >= 4 is 40.3 Å². The van der Waals surface area contributed by atoms with Crippen LogP contribution in [-0.4, -0.2) is 17.5 Å². The van der Waals surface area contributed by atoms with E-state index in [4.69, 9.17) is 22.1 Å². The minimum absolute atomic E-state index is 0.0203. The lowest BCUT2D eigenvalue weighted by Gasteiger charge is -2.12. The Balaban J connectivity index is 2.21. The molecule has 146 valence electrons. The first-order chi connectivity index (χ1) is 13.4. The van der Waals surface area contributed by atoms with Gasteiger partial charge in [-0.15, -0.1) is 5.11 Å². The number of esters is 1.